The van der Waals surface area contributed by atoms with Crippen LogP contribution in [0.3, 0.4) is 0 Å². The topological polar surface area (TPSA) is 29.9 Å². The van der Waals surface area contributed by atoms with Crippen LogP contribution in [0.25, 0.3) is 0 Å². The molecule has 0 saturated heterocycles. The summed E-state index contributed by atoms with van der Waals surface area (Å²) in [6.45, 7) is 4.21. The molecule has 19 heavy (non-hydrogen) atoms. The monoisotopic (exact) mass is 257 g/mol. The van der Waals surface area contributed by atoms with Crippen LogP contribution in [0.4, 0.5) is 0 Å². The van der Waals surface area contributed by atoms with E-state index in [9.17, 15) is 0 Å². The SMILES string of the molecule is CCNCC(CCc1ccn(C)n1)c1ccccc1. The minimum absolute atomic E-state index is 0.558. The Morgan fingerprint density at radius 3 is 2.63 bits per heavy atom. The first-order valence-corrected chi connectivity index (χ1v) is 7.03. The fourth-order valence-corrected chi connectivity index (χ4v) is 2.35. The molecule has 1 unspecified atom stereocenters. The summed E-state index contributed by atoms with van der Waals surface area (Å²) in [7, 11) is 1.97. The Morgan fingerprint density at radius 2 is 2.00 bits per heavy atom. The van der Waals surface area contributed by atoms with Crippen LogP contribution in [-0.2, 0) is 13.5 Å². The largest absolute Gasteiger partial charge is 0.316 e. The summed E-state index contributed by atoms with van der Waals surface area (Å²) < 4.78 is 1.87. The highest BCUT2D eigenvalue weighted by Crippen LogP contribution is 2.20. The van der Waals surface area contributed by atoms with Crippen molar-refractivity contribution in [2.24, 2.45) is 7.05 Å². The molecule has 2 rings (SSSR count). The third-order valence-corrected chi connectivity index (χ3v) is 3.43. The second kappa shape index (κ2) is 7.10. The van der Waals surface area contributed by atoms with E-state index in [2.05, 4.69) is 53.7 Å². The van der Waals surface area contributed by atoms with E-state index in [4.69, 9.17) is 0 Å². The van der Waals surface area contributed by atoms with E-state index in [0.717, 1.165) is 25.9 Å². The fourth-order valence-electron chi connectivity index (χ4n) is 2.35. The summed E-state index contributed by atoms with van der Waals surface area (Å²) in [5.74, 6) is 0.558. The minimum atomic E-state index is 0.558. The third kappa shape index (κ3) is 4.21. The summed E-state index contributed by atoms with van der Waals surface area (Å²) in [5.41, 5.74) is 2.60. The smallest absolute Gasteiger partial charge is 0.0624 e. The van der Waals surface area contributed by atoms with Gasteiger partial charge < -0.3 is 5.32 Å². The van der Waals surface area contributed by atoms with Gasteiger partial charge in [-0.15, -0.1) is 0 Å². The van der Waals surface area contributed by atoms with Gasteiger partial charge in [0.25, 0.3) is 0 Å². The van der Waals surface area contributed by atoms with Crippen molar-refractivity contribution in [2.75, 3.05) is 13.1 Å². The zero-order valence-corrected chi connectivity index (χ0v) is 11.8. The normalized spacial score (nSPS) is 12.5. The molecular formula is C16H23N3. The van der Waals surface area contributed by atoms with Gasteiger partial charge in [0, 0.05) is 19.8 Å². The average Bonchev–Trinajstić information content (AvgIpc) is 2.86. The summed E-state index contributed by atoms with van der Waals surface area (Å²) in [4.78, 5) is 0. The highest BCUT2D eigenvalue weighted by atomic mass is 15.2. The van der Waals surface area contributed by atoms with Crippen LogP contribution in [0.2, 0.25) is 0 Å². The van der Waals surface area contributed by atoms with Crippen molar-refractivity contribution in [1.82, 2.24) is 15.1 Å². The predicted octanol–water partition coefficient (Wildman–Crippen LogP) is 2.75. The van der Waals surface area contributed by atoms with Gasteiger partial charge in [0.05, 0.1) is 5.69 Å². The van der Waals surface area contributed by atoms with Gasteiger partial charge in [0.2, 0.25) is 0 Å². The van der Waals surface area contributed by atoms with Crippen molar-refractivity contribution in [3.63, 3.8) is 0 Å². The number of hydrogen-bond donors (Lipinski definition) is 1. The average molecular weight is 257 g/mol. The van der Waals surface area contributed by atoms with E-state index in [-0.39, 0.29) is 0 Å². The molecule has 3 heteroatoms. The van der Waals surface area contributed by atoms with Gasteiger partial charge in [0.15, 0.2) is 0 Å². The molecule has 1 aromatic carbocycles. The molecule has 102 valence electrons. The summed E-state index contributed by atoms with van der Waals surface area (Å²) in [5, 5.41) is 7.92. The molecule has 0 saturated carbocycles. The molecule has 1 aromatic heterocycles. The maximum atomic E-state index is 4.45. The van der Waals surface area contributed by atoms with E-state index in [1.54, 1.807) is 0 Å². The Bertz CT molecular complexity index is 476. The number of aryl methyl sites for hydroxylation is 2. The van der Waals surface area contributed by atoms with Crippen LogP contribution in [0.15, 0.2) is 42.6 Å². The zero-order valence-electron chi connectivity index (χ0n) is 11.8. The first-order chi connectivity index (χ1) is 9.29. The molecule has 1 heterocycles. The Labute approximate surface area is 115 Å². The zero-order chi connectivity index (χ0) is 13.5. The Balaban J connectivity index is 1.97. The maximum Gasteiger partial charge on any atom is 0.0624 e. The van der Waals surface area contributed by atoms with E-state index in [0.29, 0.717) is 5.92 Å². The van der Waals surface area contributed by atoms with E-state index in [1.165, 1.54) is 11.3 Å². The summed E-state index contributed by atoms with van der Waals surface area (Å²) in [6.07, 6.45) is 4.18. The number of aromatic nitrogens is 2. The Morgan fingerprint density at radius 1 is 1.21 bits per heavy atom. The lowest BCUT2D eigenvalue weighted by atomic mass is 9.93. The van der Waals surface area contributed by atoms with Crippen LogP contribution < -0.4 is 5.32 Å². The van der Waals surface area contributed by atoms with Gasteiger partial charge in [0.1, 0.15) is 0 Å². The Hall–Kier alpha value is -1.61. The number of rotatable bonds is 7. The lowest BCUT2D eigenvalue weighted by molar-refractivity contribution is 0.556. The van der Waals surface area contributed by atoms with Crippen molar-refractivity contribution in [1.29, 1.82) is 0 Å². The first-order valence-electron chi connectivity index (χ1n) is 7.03. The molecule has 0 radical (unpaired) electrons. The first kappa shape index (κ1) is 13.8. The summed E-state index contributed by atoms with van der Waals surface area (Å²) >= 11 is 0. The molecule has 2 aromatic rings. The minimum Gasteiger partial charge on any atom is -0.316 e. The second-order valence-electron chi connectivity index (χ2n) is 4.93. The molecule has 0 aliphatic rings. The molecule has 1 atom stereocenters. The maximum absolute atomic E-state index is 4.45. The van der Waals surface area contributed by atoms with Crippen molar-refractivity contribution in [3.8, 4) is 0 Å². The molecule has 0 aliphatic carbocycles. The highest BCUT2D eigenvalue weighted by molar-refractivity contribution is 5.20. The van der Waals surface area contributed by atoms with Crippen molar-refractivity contribution in [3.05, 3.63) is 53.9 Å². The predicted molar refractivity (Wildman–Crippen MR) is 79.3 cm³/mol. The summed E-state index contributed by atoms with van der Waals surface area (Å²) in [6, 6.07) is 12.9. The van der Waals surface area contributed by atoms with Crippen molar-refractivity contribution < 1.29 is 0 Å². The molecular weight excluding hydrogens is 234 g/mol. The lowest BCUT2D eigenvalue weighted by Gasteiger charge is -2.17. The standard InChI is InChI=1S/C16H23N3/c1-3-17-13-15(14-7-5-4-6-8-14)9-10-16-11-12-19(2)18-16/h4-8,11-12,15,17H,3,9-10,13H2,1-2H3. The van der Waals surface area contributed by atoms with Crippen molar-refractivity contribution in [2.45, 2.75) is 25.7 Å². The number of nitrogens with zero attached hydrogens (tertiary/aromatic N) is 2. The fraction of sp³-hybridized carbons (Fsp3) is 0.438. The van der Waals surface area contributed by atoms with Crippen LogP contribution >= 0.6 is 0 Å². The van der Waals surface area contributed by atoms with Gasteiger partial charge in [-0.3, -0.25) is 4.68 Å². The van der Waals surface area contributed by atoms with Crippen LogP contribution in [0, 0.1) is 0 Å². The van der Waals surface area contributed by atoms with Crippen LogP contribution in [0.1, 0.15) is 30.5 Å². The number of nitrogens with one attached hydrogen (secondary N) is 1. The van der Waals surface area contributed by atoms with Crippen LogP contribution in [-0.4, -0.2) is 22.9 Å². The van der Waals surface area contributed by atoms with Gasteiger partial charge in [-0.05, 0) is 36.9 Å². The second-order valence-corrected chi connectivity index (χ2v) is 4.93. The highest BCUT2D eigenvalue weighted by Gasteiger charge is 2.11. The number of hydrogen-bond acceptors (Lipinski definition) is 2. The van der Waals surface area contributed by atoms with Gasteiger partial charge in [-0.1, -0.05) is 37.3 Å². The van der Waals surface area contributed by atoms with Crippen molar-refractivity contribution >= 4 is 0 Å². The number of likely N-dealkylation sites (N-methyl/N-ethyl adjacent to an activating group) is 1. The third-order valence-electron chi connectivity index (χ3n) is 3.43. The molecule has 1 N–H and O–H groups in total. The molecule has 3 nitrogen and oxygen atoms in total. The van der Waals surface area contributed by atoms with Gasteiger partial charge >= 0.3 is 0 Å². The lowest BCUT2D eigenvalue weighted by Crippen LogP contribution is -2.21. The van der Waals surface area contributed by atoms with E-state index >= 15 is 0 Å². The molecule has 0 fully saturated rings. The number of benzene rings is 1. The van der Waals surface area contributed by atoms with Crippen LogP contribution in [0.5, 0.6) is 0 Å². The Kier molecular flexibility index (Phi) is 5.16. The quantitative estimate of drug-likeness (QED) is 0.826. The molecule has 0 bridgehead atoms. The molecule has 0 amide bonds. The van der Waals surface area contributed by atoms with Gasteiger partial charge in [-0.2, -0.15) is 5.10 Å². The molecule has 0 aliphatic heterocycles. The van der Waals surface area contributed by atoms with E-state index < -0.39 is 0 Å². The van der Waals surface area contributed by atoms with Gasteiger partial charge in [-0.25, -0.2) is 0 Å². The molecule has 0 spiro atoms. The van der Waals surface area contributed by atoms with E-state index in [1.807, 2.05) is 17.9 Å².